The molecule has 0 aliphatic heterocycles. The number of rotatable bonds is 5. The molecule has 0 spiro atoms. The van der Waals surface area contributed by atoms with Gasteiger partial charge in [-0.1, -0.05) is 40.2 Å². The number of ether oxygens (including phenoxy) is 1. The van der Waals surface area contributed by atoms with Crippen LogP contribution in [0.15, 0.2) is 58.6 Å². The van der Waals surface area contributed by atoms with Crippen LogP contribution in [-0.4, -0.2) is 12.5 Å². The molecular formula is C18H15BrN2O2. The van der Waals surface area contributed by atoms with Crippen LogP contribution in [-0.2, 0) is 4.79 Å². The van der Waals surface area contributed by atoms with Gasteiger partial charge in [0, 0.05) is 15.7 Å². The van der Waals surface area contributed by atoms with E-state index in [1.807, 2.05) is 31.2 Å². The number of carbonyl (C=O) groups is 1. The summed E-state index contributed by atoms with van der Waals surface area (Å²) in [5.74, 6) is 0.176. The van der Waals surface area contributed by atoms with Crippen molar-refractivity contribution < 1.29 is 9.53 Å². The zero-order valence-corrected chi connectivity index (χ0v) is 14.1. The summed E-state index contributed by atoms with van der Waals surface area (Å²) in [6.07, 6.45) is 1.53. The molecule has 0 saturated carbocycles. The number of nitrogens with zero attached hydrogens (tertiary/aromatic N) is 1. The number of nitriles is 1. The summed E-state index contributed by atoms with van der Waals surface area (Å²) in [7, 11) is 0. The van der Waals surface area contributed by atoms with Gasteiger partial charge in [-0.3, -0.25) is 4.79 Å². The number of anilines is 1. The third kappa shape index (κ3) is 4.70. The quantitative estimate of drug-likeness (QED) is 0.626. The maximum atomic E-state index is 12.3. The van der Waals surface area contributed by atoms with Crippen molar-refractivity contribution in [2.45, 2.75) is 6.92 Å². The highest BCUT2D eigenvalue weighted by Gasteiger charge is 2.11. The molecule has 1 N–H and O–H groups in total. The minimum absolute atomic E-state index is 0.0112. The van der Waals surface area contributed by atoms with Crippen molar-refractivity contribution in [3.05, 3.63) is 64.1 Å². The fourth-order valence-electron chi connectivity index (χ4n) is 1.96. The van der Waals surface area contributed by atoms with Crippen LogP contribution in [0.2, 0.25) is 0 Å². The Morgan fingerprint density at radius 3 is 2.78 bits per heavy atom. The number of hydrogen-bond donors (Lipinski definition) is 1. The van der Waals surface area contributed by atoms with Gasteiger partial charge in [-0.15, -0.1) is 0 Å². The highest BCUT2D eigenvalue weighted by atomic mass is 79.9. The van der Waals surface area contributed by atoms with E-state index in [0.717, 1.165) is 4.47 Å². The zero-order valence-electron chi connectivity index (χ0n) is 12.5. The molecule has 23 heavy (non-hydrogen) atoms. The molecule has 2 rings (SSSR count). The van der Waals surface area contributed by atoms with Crippen molar-refractivity contribution in [1.29, 1.82) is 5.26 Å². The molecule has 1 amide bonds. The second-order valence-electron chi connectivity index (χ2n) is 4.61. The number of hydrogen-bond acceptors (Lipinski definition) is 3. The summed E-state index contributed by atoms with van der Waals surface area (Å²) in [4.78, 5) is 12.3. The fraction of sp³-hybridized carbons (Fsp3) is 0.111. The SMILES string of the molecule is CCOc1ccccc1/C=C(/C#N)C(=O)Nc1cccc(Br)c1. The Kier molecular flexibility index (Phi) is 5.95. The molecule has 2 aromatic rings. The van der Waals surface area contributed by atoms with Crippen LogP contribution in [0.25, 0.3) is 6.08 Å². The molecule has 0 aliphatic rings. The number of carbonyl (C=O) groups excluding carboxylic acids is 1. The van der Waals surface area contributed by atoms with Gasteiger partial charge < -0.3 is 10.1 Å². The average molecular weight is 371 g/mol. The Labute approximate surface area is 143 Å². The van der Waals surface area contributed by atoms with Gasteiger partial charge in [-0.2, -0.15) is 5.26 Å². The Morgan fingerprint density at radius 2 is 2.09 bits per heavy atom. The van der Waals surface area contributed by atoms with Crippen LogP contribution < -0.4 is 10.1 Å². The van der Waals surface area contributed by atoms with E-state index < -0.39 is 5.91 Å². The minimum atomic E-state index is -0.461. The van der Waals surface area contributed by atoms with Crippen LogP contribution in [0, 0.1) is 11.3 Å². The molecule has 4 nitrogen and oxygen atoms in total. The van der Waals surface area contributed by atoms with Crippen LogP contribution in [0.5, 0.6) is 5.75 Å². The summed E-state index contributed by atoms with van der Waals surface area (Å²) in [5, 5.41) is 12.0. The van der Waals surface area contributed by atoms with E-state index in [0.29, 0.717) is 23.6 Å². The molecule has 0 fully saturated rings. The van der Waals surface area contributed by atoms with Gasteiger partial charge >= 0.3 is 0 Å². The van der Waals surface area contributed by atoms with Gasteiger partial charge in [-0.25, -0.2) is 0 Å². The van der Waals surface area contributed by atoms with E-state index >= 15 is 0 Å². The molecule has 2 aromatic carbocycles. The number of halogens is 1. The Hall–Kier alpha value is -2.58. The monoisotopic (exact) mass is 370 g/mol. The van der Waals surface area contributed by atoms with Crippen molar-refractivity contribution >= 4 is 33.6 Å². The molecular weight excluding hydrogens is 356 g/mol. The standard InChI is InChI=1S/C18H15BrN2O2/c1-2-23-17-9-4-3-6-13(17)10-14(12-20)18(22)21-16-8-5-7-15(19)11-16/h3-11H,2H2,1H3,(H,21,22)/b14-10-. The molecule has 0 aromatic heterocycles. The van der Waals surface area contributed by atoms with E-state index in [1.54, 1.807) is 30.3 Å². The van der Waals surface area contributed by atoms with Gasteiger partial charge in [0.2, 0.25) is 0 Å². The van der Waals surface area contributed by atoms with Crippen molar-refractivity contribution in [2.24, 2.45) is 0 Å². The lowest BCUT2D eigenvalue weighted by Crippen LogP contribution is -2.13. The molecule has 0 bridgehead atoms. The minimum Gasteiger partial charge on any atom is -0.493 e. The molecule has 0 unspecified atom stereocenters. The van der Waals surface area contributed by atoms with E-state index in [4.69, 9.17) is 4.74 Å². The maximum absolute atomic E-state index is 12.3. The first kappa shape index (κ1) is 16.8. The second-order valence-corrected chi connectivity index (χ2v) is 5.52. The summed E-state index contributed by atoms with van der Waals surface area (Å²) < 4.78 is 6.35. The number of para-hydroxylation sites is 1. The lowest BCUT2D eigenvalue weighted by atomic mass is 10.1. The van der Waals surface area contributed by atoms with Crippen molar-refractivity contribution in [3.8, 4) is 11.8 Å². The van der Waals surface area contributed by atoms with Crippen molar-refractivity contribution in [1.82, 2.24) is 0 Å². The lowest BCUT2D eigenvalue weighted by Gasteiger charge is -2.08. The third-order valence-electron chi connectivity index (χ3n) is 2.97. The smallest absolute Gasteiger partial charge is 0.266 e. The highest BCUT2D eigenvalue weighted by molar-refractivity contribution is 9.10. The van der Waals surface area contributed by atoms with Crippen LogP contribution >= 0.6 is 15.9 Å². The maximum Gasteiger partial charge on any atom is 0.266 e. The van der Waals surface area contributed by atoms with Crippen molar-refractivity contribution in [3.63, 3.8) is 0 Å². The van der Waals surface area contributed by atoms with Crippen LogP contribution in [0.4, 0.5) is 5.69 Å². The Morgan fingerprint density at radius 1 is 1.30 bits per heavy atom. The summed E-state index contributed by atoms with van der Waals surface area (Å²) >= 11 is 3.34. The average Bonchev–Trinajstić information content (AvgIpc) is 2.54. The molecule has 0 aliphatic carbocycles. The molecule has 5 heteroatoms. The topological polar surface area (TPSA) is 62.1 Å². The van der Waals surface area contributed by atoms with E-state index in [9.17, 15) is 10.1 Å². The van der Waals surface area contributed by atoms with Gasteiger partial charge in [0.1, 0.15) is 17.4 Å². The molecule has 0 atom stereocenters. The summed E-state index contributed by atoms with van der Waals surface area (Å²) in [6.45, 7) is 2.39. The van der Waals surface area contributed by atoms with Gasteiger partial charge in [0.15, 0.2) is 0 Å². The zero-order chi connectivity index (χ0) is 16.7. The first-order chi connectivity index (χ1) is 11.1. The number of amides is 1. The van der Waals surface area contributed by atoms with Crippen LogP contribution in [0.1, 0.15) is 12.5 Å². The largest absolute Gasteiger partial charge is 0.493 e. The lowest BCUT2D eigenvalue weighted by molar-refractivity contribution is -0.112. The van der Waals surface area contributed by atoms with Gasteiger partial charge in [-0.05, 0) is 37.3 Å². The molecule has 0 radical (unpaired) electrons. The molecule has 0 saturated heterocycles. The van der Waals surface area contributed by atoms with E-state index in [-0.39, 0.29) is 5.57 Å². The third-order valence-corrected chi connectivity index (χ3v) is 3.46. The van der Waals surface area contributed by atoms with E-state index in [1.165, 1.54) is 6.08 Å². The highest BCUT2D eigenvalue weighted by Crippen LogP contribution is 2.22. The predicted octanol–water partition coefficient (Wildman–Crippen LogP) is 4.39. The Balaban J connectivity index is 2.25. The second kappa shape index (κ2) is 8.16. The first-order valence-electron chi connectivity index (χ1n) is 7.04. The molecule has 116 valence electrons. The van der Waals surface area contributed by atoms with Gasteiger partial charge in [0.05, 0.1) is 6.61 Å². The fourth-order valence-corrected chi connectivity index (χ4v) is 2.35. The molecule has 0 heterocycles. The summed E-state index contributed by atoms with van der Waals surface area (Å²) in [6, 6.07) is 16.4. The van der Waals surface area contributed by atoms with Crippen molar-refractivity contribution in [2.75, 3.05) is 11.9 Å². The number of benzene rings is 2. The Bertz CT molecular complexity index is 779. The van der Waals surface area contributed by atoms with Gasteiger partial charge in [0.25, 0.3) is 5.91 Å². The number of nitrogens with one attached hydrogen (secondary N) is 1. The van der Waals surface area contributed by atoms with Crippen LogP contribution in [0.3, 0.4) is 0 Å². The summed E-state index contributed by atoms with van der Waals surface area (Å²) in [5.41, 5.74) is 1.32. The first-order valence-corrected chi connectivity index (χ1v) is 7.84. The normalized spacial score (nSPS) is 10.7. The van der Waals surface area contributed by atoms with E-state index in [2.05, 4.69) is 21.2 Å². The predicted molar refractivity (Wildman–Crippen MR) is 94.0 cm³/mol.